The first-order valence-electron chi connectivity index (χ1n) is 10.2. The summed E-state index contributed by atoms with van der Waals surface area (Å²) >= 11 is 6.36. The molecule has 0 saturated heterocycles. The summed E-state index contributed by atoms with van der Waals surface area (Å²) in [5, 5.41) is 5.33. The molecule has 3 aromatic rings. The Bertz CT molecular complexity index is 1230. The first-order chi connectivity index (χ1) is 14.9. The molecule has 0 atom stereocenters. The Morgan fingerprint density at radius 3 is 2.50 bits per heavy atom. The van der Waals surface area contributed by atoms with Crippen LogP contribution in [0.3, 0.4) is 0 Å². The Kier molecular flexibility index (Phi) is 7.22. The minimum absolute atomic E-state index is 0.0394. The van der Waals surface area contributed by atoms with Crippen molar-refractivity contribution in [3.63, 3.8) is 0 Å². The highest BCUT2D eigenvalue weighted by Gasteiger charge is 2.25. The molecular weight excluding hydrogens is 448 g/mol. The van der Waals surface area contributed by atoms with Gasteiger partial charge >= 0.3 is 0 Å². The summed E-state index contributed by atoms with van der Waals surface area (Å²) in [7, 11) is -3.16. The zero-order valence-corrected chi connectivity index (χ0v) is 20.2. The molecule has 32 heavy (non-hydrogen) atoms. The van der Waals surface area contributed by atoms with Crippen LogP contribution in [0.15, 0.2) is 54.6 Å². The molecule has 170 valence electrons. The highest BCUT2D eigenvalue weighted by atomic mass is 35.5. The fraction of sp³-hybridized carbons (Fsp3) is 0.333. The van der Waals surface area contributed by atoms with Gasteiger partial charge in [0.25, 0.3) is 0 Å². The fourth-order valence-electron chi connectivity index (χ4n) is 3.16. The number of ether oxygens (including phenoxy) is 1. The van der Waals surface area contributed by atoms with Gasteiger partial charge in [0.1, 0.15) is 5.60 Å². The van der Waals surface area contributed by atoms with Crippen LogP contribution in [-0.2, 0) is 38.3 Å². The van der Waals surface area contributed by atoms with E-state index in [0.29, 0.717) is 22.8 Å². The van der Waals surface area contributed by atoms with Gasteiger partial charge in [-0.2, -0.15) is 5.10 Å². The number of sulfone groups is 1. The second-order valence-corrected chi connectivity index (χ2v) is 10.9. The molecule has 0 amide bonds. The number of hydrogen-bond acceptors (Lipinski definition) is 5. The lowest BCUT2D eigenvalue weighted by atomic mass is 10.1. The molecule has 0 fully saturated rings. The number of benzene rings is 2. The number of aromatic nitrogens is 2. The first-order valence-corrected chi connectivity index (χ1v) is 12.6. The van der Waals surface area contributed by atoms with Gasteiger partial charge in [-0.05, 0) is 50.1 Å². The van der Waals surface area contributed by atoms with Gasteiger partial charge in [0.05, 0.1) is 30.3 Å². The largest absolute Gasteiger partial charge is 0.361 e. The monoisotopic (exact) mass is 474 g/mol. The minimum Gasteiger partial charge on any atom is -0.361 e. The van der Waals surface area contributed by atoms with Crippen LogP contribution in [0, 0.1) is 0 Å². The highest BCUT2D eigenvalue weighted by molar-refractivity contribution is 7.89. The van der Waals surface area contributed by atoms with Gasteiger partial charge in [-0.25, -0.2) is 8.42 Å². The molecule has 1 heterocycles. The van der Waals surface area contributed by atoms with Crippen molar-refractivity contribution in [1.29, 1.82) is 0 Å². The molecule has 0 bridgehead atoms. The van der Waals surface area contributed by atoms with Crippen LogP contribution in [0.5, 0.6) is 0 Å². The molecule has 0 N–H and O–H groups in total. The van der Waals surface area contributed by atoms with Gasteiger partial charge < -0.3 is 4.74 Å². The topological polar surface area (TPSA) is 78.3 Å². The molecule has 0 saturated carbocycles. The molecular formula is C24H27ClN2O4S. The lowest BCUT2D eigenvalue weighted by Crippen LogP contribution is -2.32. The molecule has 0 spiro atoms. The molecule has 0 aliphatic heterocycles. The SMILES string of the molecule is CC(=O)C(C)(C)OCc1cc(-c2cccc(CS(C)(=O)=O)c2)n(Cc2ccccc2Cl)n1. The van der Waals surface area contributed by atoms with E-state index in [1.165, 1.54) is 13.2 Å². The normalized spacial score (nSPS) is 12.2. The summed E-state index contributed by atoms with van der Waals surface area (Å²) < 4.78 is 31.1. The maximum absolute atomic E-state index is 11.8. The molecule has 8 heteroatoms. The van der Waals surface area contributed by atoms with E-state index in [1.54, 1.807) is 19.9 Å². The predicted octanol–water partition coefficient (Wildman–Crippen LogP) is 4.68. The van der Waals surface area contributed by atoms with E-state index < -0.39 is 15.4 Å². The summed E-state index contributed by atoms with van der Waals surface area (Å²) in [6.45, 7) is 5.55. The summed E-state index contributed by atoms with van der Waals surface area (Å²) in [5.41, 5.74) is 2.99. The van der Waals surface area contributed by atoms with E-state index in [9.17, 15) is 13.2 Å². The fourth-order valence-corrected chi connectivity index (χ4v) is 4.14. The third kappa shape index (κ3) is 6.28. The van der Waals surface area contributed by atoms with E-state index in [0.717, 1.165) is 16.8 Å². The van der Waals surface area contributed by atoms with Crippen molar-refractivity contribution in [3.8, 4) is 11.3 Å². The molecule has 6 nitrogen and oxygen atoms in total. The van der Waals surface area contributed by atoms with Crippen LogP contribution in [0.4, 0.5) is 0 Å². The van der Waals surface area contributed by atoms with Crippen molar-refractivity contribution in [1.82, 2.24) is 9.78 Å². The highest BCUT2D eigenvalue weighted by Crippen LogP contribution is 2.26. The molecule has 0 aliphatic rings. The summed E-state index contributed by atoms with van der Waals surface area (Å²) in [6.07, 6.45) is 1.22. The average Bonchev–Trinajstić information content (AvgIpc) is 3.10. The number of Topliss-reactive ketones (excluding diaryl/α,β-unsaturated/α-hetero) is 1. The Balaban J connectivity index is 1.99. The summed E-state index contributed by atoms with van der Waals surface area (Å²) in [5.74, 6) is -0.107. The number of carbonyl (C=O) groups is 1. The quantitative estimate of drug-likeness (QED) is 0.450. The van der Waals surface area contributed by atoms with Crippen molar-refractivity contribution < 1.29 is 17.9 Å². The van der Waals surface area contributed by atoms with Crippen molar-refractivity contribution in [2.75, 3.05) is 6.26 Å². The Morgan fingerprint density at radius 2 is 1.84 bits per heavy atom. The van der Waals surface area contributed by atoms with E-state index in [2.05, 4.69) is 0 Å². The Morgan fingerprint density at radius 1 is 1.12 bits per heavy atom. The molecule has 1 aromatic heterocycles. The number of rotatable bonds is 9. The van der Waals surface area contributed by atoms with Crippen molar-refractivity contribution >= 4 is 27.2 Å². The standard InChI is InChI=1S/C24H27ClN2O4S/c1-17(28)24(2,3)31-15-21-13-23(19-10-7-8-18(12-19)16-32(4,29)30)27(26-21)14-20-9-5-6-11-22(20)25/h5-13H,14-16H2,1-4H3. The third-order valence-electron chi connectivity index (χ3n) is 5.19. The Hall–Kier alpha value is -2.48. The maximum Gasteiger partial charge on any atom is 0.161 e. The van der Waals surface area contributed by atoms with Gasteiger partial charge in [-0.3, -0.25) is 9.48 Å². The van der Waals surface area contributed by atoms with E-state index in [4.69, 9.17) is 21.4 Å². The lowest BCUT2D eigenvalue weighted by molar-refractivity contribution is -0.139. The van der Waals surface area contributed by atoms with Crippen molar-refractivity contribution in [2.45, 2.75) is 45.3 Å². The van der Waals surface area contributed by atoms with Crippen LogP contribution in [0.1, 0.15) is 37.6 Å². The van der Waals surface area contributed by atoms with Crippen LogP contribution < -0.4 is 0 Å². The third-order valence-corrected chi connectivity index (χ3v) is 6.42. The number of carbonyl (C=O) groups excluding carboxylic acids is 1. The van der Waals surface area contributed by atoms with Crippen LogP contribution in [0.25, 0.3) is 11.3 Å². The summed E-state index contributed by atoms with van der Waals surface area (Å²) in [6, 6.07) is 16.8. The zero-order chi connectivity index (χ0) is 23.5. The molecule has 0 unspecified atom stereocenters. The van der Waals surface area contributed by atoms with Crippen LogP contribution >= 0.6 is 11.6 Å². The van der Waals surface area contributed by atoms with Crippen molar-refractivity contribution in [2.24, 2.45) is 0 Å². The number of nitrogens with zero attached hydrogens (tertiary/aromatic N) is 2. The second kappa shape index (κ2) is 9.57. The second-order valence-electron chi connectivity index (χ2n) is 8.40. The van der Waals surface area contributed by atoms with E-state index in [1.807, 2.05) is 53.2 Å². The maximum atomic E-state index is 11.8. The molecule has 0 aliphatic carbocycles. The summed E-state index contributed by atoms with van der Waals surface area (Å²) in [4.78, 5) is 11.8. The average molecular weight is 475 g/mol. The molecule has 2 aromatic carbocycles. The van der Waals surface area contributed by atoms with E-state index in [-0.39, 0.29) is 18.1 Å². The first kappa shape index (κ1) is 24.2. The molecule has 3 rings (SSSR count). The minimum atomic E-state index is -3.16. The number of halogens is 1. The van der Waals surface area contributed by atoms with Gasteiger partial charge in [-0.15, -0.1) is 0 Å². The Labute approximate surface area is 194 Å². The van der Waals surface area contributed by atoms with Gasteiger partial charge in [0, 0.05) is 16.8 Å². The zero-order valence-electron chi connectivity index (χ0n) is 18.6. The smallest absolute Gasteiger partial charge is 0.161 e. The van der Waals surface area contributed by atoms with E-state index >= 15 is 0 Å². The van der Waals surface area contributed by atoms with Crippen LogP contribution in [0.2, 0.25) is 5.02 Å². The predicted molar refractivity (Wildman–Crippen MR) is 126 cm³/mol. The van der Waals surface area contributed by atoms with Gasteiger partial charge in [-0.1, -0.05) is 48.0 Å². The van der Waals surface area contributed by atoms with Gasteiger partial charge in [0.2, 0.25) is 0 Å². The van der Waals surface area contributed by atoms with Crippen molar-refractivity contribution in [3.05, 3.63) is 76.4 Å². The van der Waals surface area contributed by atoms with Gasteiger partial charge in [0.15, 0.2) is 15.6 Å². The number of hydrogen-bond donors (Lipinski definition) is 0. The van der Waals surface area contributed by atoms with Crippen LogP contribution in [-0.4, -0.2) is 35.8 Å². The lowest BCUT2D eigenvalue weighted by Gasteiger charge is -2.21. The number of ketones is 1. The molecule has 0 radical (unpaired) electrons.